The Hall–Kier alpha value is -3.63. The van der Waals surface area contributed by atoms with Crippen molar-refractivity contribution < 1.29 is 13.2 Å². The molecular weight excluding hydrogens is 522 g/mol. The van der Waals surface area contributed by atoms with Gasteiger partial charge in [-0.2, -0.15) is 15.2 Å². The predicted octanol–water partition coefficient (Wildman–Crippen LogP) is 4.09. The number of nitrogens with two attached hydrogens (primary N) is 1. The molecule has 0 spiro atoms. The number of sulfonamides is 1. The molecule has 0 amide bonds. The Morgan fingerprint density at radius 2 is 1.84 bits per heavy atom. The Labute approximate surface area is 225 Å². The Morgan fingerprint density at radius 3 is 2.47 bits per heavy atom. The van der Waals surface area contributed by atoms with E-state index in [4.69, 9.17) is 14.9 Å². The molecule has 1 aliphatic rings. The molecule has 2 aromatic heterocycles. The van der Waals surface area contributed by atoms with E-state index in [2.05, 4.69) is 26.3 Å². The van der Waals surface area contributed by atoms with Gasteiger partial charge in [-0.25, -0.2) is 18.5 Å². The van der Waals surface area contributed by atoms with E-state index in [0.717, 1.165) is 53.9 Å². The number of thiazole rings is 1. The number of likely N-dealkylation sites (tertiary alicyclic amines) is 1. The minimum Gasteiger partial charge on any atom is -0.437 e. The average molecular weight is 550 g/mol. The van der Waals surface area contributed by atoms with E-state index >= 15 is 0 Å². The summed E-state index contributed by atoms with van der Waals surface area (Å²) in [6.45, 7) is 6.31. The largest absolute Gasteiger partial charge is 0.437 e. The van der Waals surface area contributed by atoms with E-state index in [1.165, 1.54) is 11.3 Å². The molecule has 0 unspecified atom stereocenters. The summed E-state index contributed by atoms with van der Waals surface area (Å²) >= 11 is 1.42. The van der Waals surface area contributed by atoms with E-state index in [0.29, 0.717) is 28.8 Å². The molecule has 4 aromatic rings. The third-order valence-electron chi connectivity index (χ3n) is 6.53. The van der Waals surface area contributed by atoms with Gasteiger partial charge in [0.15, 0.2) is 5.65 Å². The van der Waals surface area contributed by atoms with Crippen LogP contribution in [-0.2, 0) is 16.6 Å². The molecular formula is C26H27N7O3S2. The highest BCUT2D eigenvalue weighted by Gasteiger charge is 2.22. The summed E-state index contributed by atoms with van der Waals surface area (Å²) in [6, 6.07) is 12.7. The highest BCUT2D eigenvalue weighted by atomic mass is 32.2. The highest BCUT2D eigenvalue weighted by molar-refractivity contribution is 7.89. The second-order valence-electron chi connectivity index (χ2n) is 9.39. The summed E-state index contributed by atoms with van der Waals surface area (Å²) in [5, 5.41) is 17.9. The molecule has 12 heteroatoms. The van der Waals surface area contributed by atoms with Crippen LogP contribution in [0.1, 0.15) is 35.1 Å². The smallest absolute Gasteiger partial charge is 0.243 e. The standard InChI is InChI=1S/C26H27N7O3S2/c1-16-11-19(13-27)12-17(2)22(16)36-25-23-24(29-15-37-23)31-26(32-25)30-20-7-9-33(10-8-20)14-18-3-5-21(6-4-18)38(28,34)35/h3-6,11-12,15,20H,7-10,14H2,1-2H3,(H2,28,34,35)(H,30,31,32). The number of hydrogen-bond acceptors (Lipinski definition) is 10. The van der Waals surface area contributed by atoms with Gasteiger partial charge in [-0.15, -0.1) is 11.3 Å². The summed E-state index contributed by atoms with van der Waals surface area (Å²) in [5.74, 6) is 1.59. The number of nitriles is 1. The SMILES string of the molecule is Cc1cc(C#N)cc(C)c1Oc1nc(NC2CCN(Cc3ccc(S(N)(=O)=O)cc3)CC2)nc2ncsc12. The van der Waals surface area contributed by atoms with Crippen LogP contribution in [0.3, 0.4) is 0 Å². The molecule has 1 fully saturated rings. The van der Waals surface area contributed by atoms with Crippen LogP contribution in [0.5, 0.6) is 11.6 Å². The van der Waals surface area contributed by atoms with Crippen LogP contribution in [0.25, 0.3) is 10.3 Å². The lowest BCUT2D eigenvalue weighted by Crippen LogP contribution is -2.39. The average Bonchev–Trinajstić information content (AvgIpc) is 3.36. The quantitative estimate of drug-likeness (QED) is 0.348. The third kappa shape index (κ3) is 5.76. The van der Waals surface area contributed by atoms with Crippen molar-refractivity contribution in [1.82, 2.24) is 19.9 Å². The van der Waals surface area contributed by atoms with Crippen molar-refractivity contribution in [2.75, 3.05) is 18.4 Å². The lowest BCUT2D eigenvalue weighted by atomic mass is 10.0. The first-order valence-electron chi connectivity index (χ1n) is 12.1. The third-order valence-corrected chi connectivity index (χ3v) is 8.26. The van der Waals surface area contributed by atoms with Gasteiger partial charge < -0.3 is 10.1 Å². The van der Waals surface area contributed by atoms with Crippen molar-refractivity contribution >= 4 is 37.7 Å². The van der Waals surface area contributed by atoms with Gasteiger partial charge in [-0.3, -0.25) is 4.90 Å². The molecule has 10 nitrogen and oxygen atoms in total. The minimum absolute atomic E-state index is 0.120. The number of benzene rings is 2. The first-order valence-corrected chi connectivity index (χ1v) is 14.5. The minimum atomic E-state index is -3.69. The van der Waals surface area contributed by atoms with Crippen molar-refractivity contribution in [2.45, 2.75) is 44.2 Å². The van der Waals surface area contributed by atoms with E-state index < -0.39 is 10.0 Å². The lowest BCUT2D eigenvalue weighted by molar-refractivity contribution is 0.211. The second kappa shape index (κ2) is 10.6. The fourth-order valence-corrected chi connectivity index (χ4v) is 5.77. The molecule has 1 saturated heterocycles. The van der Waals surface area contributed by atoms with Gasteiger partial charge in [0.25, 0.3) is 0 Å². The van der Waals surface area contributed by atoms with E-state index in [9.17, 15) is 13.7 Å². The summed E-state index contributed by atoms with van der Waals surface area (Å²) in [4.78, 5) is 16.1. The van der Waals surface area contributed by atoms with Gasteiger partial charge in [-0.05, 0) is 67.6 Å². The van der Waals surface area contributed by atoms with Gasteiger partial charge in [0.1, 0.15) is 10.4 Å². The van der Waals surface area contributed by atoms with Crippen molar-refractivity contribution in [2.24, 2.45) is 5.14 Å². The second-order valence-corrected chi connectivity index (χ2v) is 11.8. The van der Waals surface area contributed by atoms with Gasteiger partial charge in [0.05, 0.1) is 22.0 Å². The monoisotopic (exact) mass is 549 g/mol. The predicted molar refractivity (Wildman–Crippen MR) is 146 cm³/mol. The van der Waals surface area contributed by atoms with Gasteiger partial charge in [-0.1, -0.05) is 12.1 Å². The number of rotatable bonds is 7. The molecule has 38 heavy (non-hydrogen) atoms. The maximum Gasteiger partial charge on any atom is 0.243 e. The van der Waals surface area contributed by atoms with Crippen LogP contribution in [-0.4, -0.2) is 47.4 Å². The number of fused-ring (bicyclic) bond motifs is 1. The molecule has 3 heterocycles. The van der Waals surface area contributed by atoms with Crippen LogP contribution in [0, 0.1) is 25.2 Å². The highest BCUT2D eigenvalue weighted by Crippen LogP contribution is 2.35. The van der Waals surface area contributed by atoms with Crippen molar-refractivity contribution in [3.05, 3.63) is 64.2 Å². The number of piperidine rings is 1. The number of hydrogen-bond donors (Lipinski definition) is 2. The molecule has 5 rings (SSSR count). The lowest BCUT2D eigenvalue weighted by Gasteiger charge is -2.32. The Morgan fingerprint density at radius 1 is 1.16 bits per heavy atom. The van der Waals surface area contributed by atoms with E-state index in [1.54, 1.807) is 41.9 Å². The van der Waals surface area contributed by atoms with Crippen molar-refractivity contribution in [3.8, 4) is 17.7 Å². The number of nitrogens with zero attached hydrogens (tertiary/aromatic N) is 5. The first-order chi connectivity index (χ1) is 18.2. The fourth-order valence-electron chi connectivity index (χ4n) is 4.61. The molecule has 0 atom stereocenters. The van der Waals surface area contributed by atoms with Crippen LogP contribution in [0.2, 0.25) is 0 Å². The Balaban J connectivity index is 1.25. The molecule has 0 saturated carbocycles. The number of aryl methyl sites for hydroxylation is 2. The summed E-state index contributed by atoms with van der Waals surface area (Å²) in [5.41, 5.74) is 5.65. The van der Waals surface area contributed by atoms with E-state index in [1.807, 2.05) is 13.8 Å². The zero-order chi connectivity index (χ0) is 26.9. The zero-order valence-electron chi connectivity index (χ0n) is 21.0. The molecule has 1 aliphatic heterocycles. The van der Waals surface area contributed by atoms with Gasteiger partial charge in [0, 0.05) is 25.7 Å². The number of aromatic nitrogens is 3. The molecule has 0 bridgehead atoms. The van der Waals surface area contributed by atoms with Crippen LogP contribution >= 0.6 is 11.3 Å². The number of anilines is 1. The summed E-state index contributed by atoms with van der Waals surface area (Å²) in [7, 11) is -3.69. The maximum atomic E-state index is 11.5. The Bertz CT molecular complexity index is 1600. The van der Waals surface area contributed by atoms with Crippen molar-refractivity contribution in [3.63, 3.8) is 0 Å². The molecule has 2 aromatic carbocycles. The zero-order valence-corrected chi connectivity index (χ0v) is 22.6. The molecule has 0 radical (unpaired) electrons. The van der Waals surface area contributed by atoms with Crippen molar-refractivity contribution in [1.29, 1.82) is 5.26 Å². The molecule has 196 valence electrons. The van der Waals surface area contributed by atoms with E-state index in [-0.39, 0.29) is 10.9 Å². The molecule has 0 aliphatic carbocycles. The van der Waals surface area contributed by atoms with Crippen LogP contribution in [0.4, 0.5) is 5.95 Å². The number of nitrogens with one attached hydrogen (secondary N) is 1. The normalized spacial score (nSPS) is 14.9. The fraction of sp³-hybridized carbons (Fsp3) is 0.308. The topological polar surface area (TPSA) is 147 Å². The first kappa shape index (κ1) is 26.0. The Kier molecular flexibility index (Phi) is 7.27. The molecule has 3 N–H and O–H groups in total. The maximum absolute atomic E-state index is 11.5. The number of ether oxygens (including phenoxy) is 1. The summed E-state index contributed by atoms with van der Waals surface area (Å²) in [6.07, 6.45) is 1.80. The van der Waals surface area contributed by atoms with Gasteiger partial charge in [0.2, 0.25) is 21.9 Å². The van der Waals surface area contributed by atoms with Crippen LogP contribution < -0.4 is 15.2 Å². The van der Waals surface area contributed by atoms with Gasteiger partial charge >= 0.3 is 0 Å². The summed E-state index contributed by atoms with van der Waals surface area (Å²) < 4.78 is 30.0. The van der Waals surface area contributed by atoms with Crippen LogP contribution in [0.15, 0.2) is 46.8 Å². The number of primary sulfonamides is 1.